The number of hydrogen-bond acceptors (Lipinski definition) is 6. The predicted molar refractivity (Wildman–Crippen MR) is 64.9 cm³/mol. The van der Waals surface area contributed by atoms with Crippen molar-refractivity contribution in [2.24, 2.45) is 0 Å². The Balaban J connectivity index is 1.82. The van der Waals surface area contributed by atoms with Gasteiger partial charge in [-0.25, -0.2) is 4.79 Å². The van der Waals surface area contributed by atoms with E-state index in [1.807, 2.05) is 24.3 Å². The minimum Gasteiger partial charge on any atom is -0.440 e. The van der Waals surface area contributed by atoms with E-state index in [0.717, 1.165) is 11.8 Å². The van der Waals surface area contributed by atoms with Crippen LogP contribution in [0.2, 0.25) is 0 Å². The largest absolute Gasteiger partial charge is 0.440 e. The van der Waals surface area contributed by atoms with Crippen molar-refractivity contribution in [3.05, 3.63) is 36.7 Å². The average Bonchev–Trinajstić information content (AvgIpc) is 3.05. The van der Waals surface area contributed by atoms with Gasteiger partial charge in [0.2, 0.25) is 12.3 Å². The van der Waals surface area contributed by atoms with Crippen LogP contribution in [0.1, 0.15) is 0 Å². The van der Waals surface area contributed by atoms with Gasteiger partial charge in [0.1, 0.15) is 5.58 Å². The number of fused-ring (bicyclic) bond motifs is 1. The number of carbonyl (C=O) groups is 1. The second-order valence-electron chi connectivity index (χ2n) is 3.75. The molecular weight excluding hydrogens is 250 g/mol. The van der Waals surface area contributed by atoms with E-state index >= 15 is 0 Å². The Hall–Kier alpha value is -2.83. The number of nitrogens with zero attached hydrogens (tertiary/aromatic N) is 3. The summed E-state index contributed by atoms with van der Waals surface area (Å²) in [6.07, 6.45) is 0.181. The molecule has 19 heavy (non-hydrogen) atoms. The molecule has 3 aromatic rings. The summed E-state index contributed by atoms with van der Waals surface area (Å²) in [6.45, 7) is 0. The Bertz CT molecular complexity index is 672. The highest BCUT2D eigenvalue weighted by molar-refractivity contribution is 5.90. The van der Waals surface area contributed by atoms with E-state index in [1.165, 1.54) is 11.9 Å². The summed E-state index contributed by atoms with van der Waals surface area (Å²) in [7, 11) is 1.52. The van der Waals surface area contributed by atoms with Crippen LogP contribution in [-0.2, 0) is 0 Å². The van der Waals surface area contributed by atoms with Crippen LogP contribution in [0.4, 0.5) is 10.7 Å². The van der Waals surface area contributed by atoms with Gasteiger partial charge in [0.05, 0.1) is 0 Å². The molecule has 0 N–H and O–H groups in total. The zero-order valence-corrected chi connectivity index (χ0v) is 9.94. The summed E-state index contributed by atoms with van der Waals surface area (Å²) in [5, 5.41) is 7.76. The molecule has 3 rings (SSSR count). The highest BCUT2D eigenvalue weighted by Crippen LogP contribution is 2.25. The van der Waals surface area contributed by atoms with E-state index in [-0.39, 0.29) is 6.08 Å². The highest BCUT2D eigenvalue weighted by atomic mass is 16.6. The Morgan fingerprint density at radius 2 is 2.21 bits per heavy atom. The fraction of sp³-hybridized carbons (Fsp3) is 0.0833. The Morgan fingerprint density at radius 1 is 1.37 bits per heavy atom. The molecule has 0 radical (unpaired) electrons. The summed E-state index contributed by atoms with van der Waals surface area (Å²) in [4.78, 5) is 13.0. The van der Waals surface area contributed by atoms with Crippen LogP contribution < -0.4 is 9.64 Å². The standard InChI is InChI=1S/C12H9N3O4/c1-15(12(16)19-11-14-13-7-17-11)10-6-8-4-2-3-5-9(8)18-10/h2-7H,1H3. The van der Waals surface area contributed by atoms with Crippen molar-refractivity contribution in [1.29, 1.82) is 0 Å². The third kappa shape index (κ3) is 2.13. The first kappa shape index (κ1) is 11.3. The van der Waals surface area contributed by atoms with E-state index in [2.05, 4.69) is 10.2 Å². The molecule has 0 aliphatic heterocycles. The second-order valence-corrected chi connectivity index (χ2v) is 3.75. The van der Waals surface area contributed by atoms with Crippen LogP contribution in [0, 0.1) is 0 Å². The van der Waals surface area contributed by atoms with Gasteiger partial charge in [-0.1, -0.05) is 23.3 Å². The van der Waals surface area contributed by atoms with Gasteiger partial charge in [0.15, 0.2) is 0 Å². The molecule has 7 nitrogen and oxygen atoms in total. The zero-order valence-electron chi connectivity index (χ0n) is 9.94. The zero-order chi connectivity index (χ0) is 13.2. The number of amides is 1. The molecule has 0 unspecified atom stereocenters. The lowest BCUT2D eigenvalue weighted by atomic mass is 10.3. The molecule has 0 fully saturated rings. The van der Waals surface area contributed by atoms with Crippen LogP contribution in [0.5, 0.6) is 6.08 Å². The molecule has 0 saturated heterocycles. The molecule has 0 saturated carbocycles. The molecular formula is C12H9N3O4. The molecule has 1 amide bonds. The van der Waals surface area contributed by atoms with Crippen molar-refractivity contribution in [3.63, 3.8) is 0 Å². The number of benzene rings is 1. The van der Waals surface area contributed by atoms with Gasteiger partial charge in [-0.3, -0.25) is 4.90 Å². The number of para-hydroxylation sites is 1. The van der Waals surface area contributed by atoms with Gasteiger partial charge in [0.25, 0.3) is 0 Å². The van der Waals surface area contributed by atoms with Crippen molar-refractivity contribution in [1.82, 2.24) is 10.2 Å². The number of furan rings is 1. The lowest BCUT2D eigenvalue weighted by Crippen LogP contribution is -2.29. The van der Waals surface area contributed by atoms with Crippen molar-refractivity contribution < 1.29 is 18.4 Å². The van der Waals surface area contributed by atoms with Crippen molar-refractivity contribution in [2.45, 2.75) is 0 Å². The van der Waals surface area contributed by atoms with Gasteiger partial charge in [-0.05, 0) is 6.07 Å². The summed E-state index contributed by atoms with van der Waals surface area (Å²) in [5.41, 5.74) is 0.690. The summed E-state index contributed by atoms with van der Waals surface area (Å²) in [5.74, 6) is 0.366. The average molecular weight is 259 g/mol. The van der Waals surface area contributed by atoms with Gasteiger partial charge in [-0.15, -0.1) is 5.10 Å². The van der Waals surface area contributed by atoms with Gasteiger partial charge < -0.3 is 13.6 Å². The number of ether oxygens (including phenoxy) is 1. The van der Waals surface area contributed by atoms with Crippen molar-refractivity contribution in [2.75, 3.05) is 11.9 Å². The monoisotopic (exact) mass is 259 g/mol. The first-order chi connectivity index (χ1) is 9.24. The quantitative estimate of drug-likeness (QED) is 0.703. The topological polar surface area (TPSA) is 81.6 Å². The number of hydrogen-bond donors (Lipinski definition) is 0. The first-order valence-corrected chi connectivity index (χ1v) is 5.44. The SMILES string of the molecule is CN(C(=O)Oc1nnco1)c1cc2ccccc2o1. The van der Waals surface area contributed by atoms with E-state index in [1.54, 1.807) is 6.07 Å². The normalized spacial score (nSPS) is 10.6. The highest BCUT2D eigenvalue weighted by Gasteiger charge is 2.19. The van der Waals surface area contributed by atoms with Crippen LogP contribution in [0.25, 0.3) is 11.0 Å². The molecule has 1 aromatic carbocycles. The maximum atomic E-state index is 11.8. The van der Waals surface area contributed by atoms with Crippen LogP contribution in [-0.4, -0.2) is 23.3 Å². The fourth-order valence-corrected chi connectivity index (χ4v) is 1.57. The van der Waals surface area contributed by atoms with E-state index in [4.69, 9.17) is 13.6 Å². The third-order valence-electron chi connectivity index (χ3n) is 2.53. The third-order valence-corrected chi connectivity index (χ3v) is 2.53. The molecule has 2 aromatic heterocycles. The number of aromatic nitrogens is 2. The predicted octanol–water partition coefficient (Wildman–Crippen LogP) is 2.45. The maximum Gasteiger partial charge on any atom is 0.425 e. The van der Waals surface area contributed by atoms with Crippen molar-refractivity contribution >= 4 is 22.9 Å². The van der Waals surface area contributed by atoms with Crippen LogP contribution in [0.3, 0.4) is 0 Å². The molecule has 0 atom stereocenters. The fourth-order valence-electron chi connectivity index (χ4n) is 1.57. The van der Waals surface area contributed by atoms with E-state index < -0.39 is 6.09 Å². The van der Waals surface area contributed by atoms with Gasteiger partial charge >= 0.3 is 12.2 Å². The maximum absolute atomic E-state index is 11.8. The molecule has 2 heterocycles. The first-order valence-electron chi connectivity index (χ1n) is 5.44. The van der Waals surface area contributed by atoms with Crippen molar-refractivity contribution in [3.8, 4) is 6.08 Å². The van der Waals surface area contributed by atoms with Crippen LogP contribution in [0.15, 0.2) is 45.6 Å². The lowest BCUT2D eigenvalue weighted by Gasteiger charge is -2.11. The molecule has 7 heteroatoms. The molecule has 96 valence electrons. The minimum absolute atomic E-state index is 0.215. The Labute approximate surface area is 107 Å². The smallest absolute Gasteiger partial charge is 0.425 e. The van der Waals surface area contributed by atoms with E-state index in [9.17, 15) is 4.79 Å². The van der Waals surface area contributed by atoms with Gasteiger partial charge in [0, 0.05) is 18.5 Å². The summed E-state index contributed by atoms with van der Waals surface area (Å²) >= 11 is 0. The Morgan fingerprint density at radius 3 is 2.95 bits per heavy atom. The molecule has 0 aliphatic carbocycles. The number of carbonyl (C=O) groups excluding carboxylic acids is 1. The molecule has 0 bridgehead atoms. The lowest BCUT2D eigenvalue weighted by molar-refractivity contribution is 0.191. The second kappa shape index (κ2) is 4.45. The van der Waals surface area contributed by atoms with Gasteiger partial charge in [-0.2, -0.15) is 0 Å². The number of rotatable bonds is 2. The van der Waals surface area contributed by atoms with E-state index in [0.29, 0.717) is 11.5 Å². The summed E-state index contributed by atoms with van der Waals surface area (Å²) < 4.78 is 15.1. The summed E-state index contributed by atoms with van der Waals surface area (Å²) in [6, 6.07) is 9.19. The van der Waals surface area contributed by atoms with Crippen LogP contribution >= 0.6 is 0 Å². The minimum atomic E-state index is -0.677. The molecule has 0 aliphatic rings. The Kier molecular flexibility index (Phi) is 2.64. The number of anilines is 1. The molecule has 0 spiro atoms.